The van der Waals surface area contributed by atoms with Crippen molar-refractivity contribution in [1.82, 2.24) is 0 Å². The first-order chi connectivity index (χ1) is 7.74. The quantitative estimate of drug-likeness (QED) is 0.769. The average Bonchev–Trinajstić information content (AvgIpc) is 2.26. The number of nitriles is 1. The minimum Gasteiger partial charge on any atom is -0.415 e. The summed E-state index contributed by atoms with van der Waals surface area (Å²) in [6.45, 7) is 10.8. The highest BCUT2D eigenvalue weighted by molar-refractivity contribution is 6.31. The molecule has 0 N–H and O–H groups in total. The van der Waals surface area contributed by atoms with Crippen molar-refractivity contribution in [2.75, 3.05) is 0 Å². The van der Waals surface area contributed by atoms with Crippen LogP contribution in [0.25, 0.3) is 0 Å². The maximum atomic E-state index is 8.90. The molecule has 0 heterocycles. The van der Waals surface area contributed by atoms with Gasteiger partial charge in [-0.3, -0.25) is 0 Å². The Morgan fingerprint density at radius 2 is 1.82 bits per heavy atom. The maximum absolute atomic E-state index is 8.90. The van der Waals surface area contributed by atoms with Crippen molar-refractivity contribution in [2.24, 2.45) is 0 Å². The molecule has 0 bridgehead atoms. The summed E-state index contributed by atoms with van der Waals surface area (Å²) in [5, 5.41) is 9.19. The van der Waals surface area contributed by atoms with Crippen molar-refractivity contribution in [3.05, 3.63) is 35.4 Å². The van der Waals surface area contributed by atoms with E-state index < -0.39 is 9.76 Å². The number of rotatable bonds is 3. The summed E-state index contributed by atoms with van der Waals surface area (Å²) in [6.07, 6.45) is 0. The van der Waals surface area contributed by atoms with Crippen LogP contribution in [0.3, 0.4) is 0 Å². The normalized spacial score (nSPS) is 12.9. The minimum atomic E-state index is -0.600. The van der Waals surface area contributed by atoms with Gasteiger partial charge in [-0.05, 0) is 36.6 Å². The van der Waals surface area contributed by atoms with Crippen LogP contribution < -0.4 is 0 Å². The van der Waals surface area contributed by atoms with Crippen molar-refractivity contribution >= 4 is 9.76 Å². The molecule has 0 unspecified atom stereocenters. The summed E-state index contributed by atoms with van der Waals surface area (Å²) in [7, 11) is -0.600. The van der Waals surface area contributed by atoms with Crippen LogP contribution in [0.2, 0.25) is 5.04 Å². The van der Waals surface area contributed by atoms with Gasteiger partial charge in [-0.15, -0.1) is 0 Å². The van der Waals surface area contributed by atoms with Crippen LogP contribution in [-0.2, 0) is 10.0 Å². The topological polar surface area (TPSA) is 33.0 Å². The van der Waals surface area contributed by atoms with E-state index in [9.17, 15) is 0 Å². The fraction of sp³-hybridized carbons (Fsp3) is 0.500. The molecule has 0 radical (unpaired) electrons. The fourth-order valence-corrected chi connectivity index (χ4v) is 2.40. The van der Waals surface area contributed by atoms with E-state index in [-0.39, 0.29) is 10.6 Å². The van der Waals surface area contributed by atoms with Gasteiger partial charge in [0.1, 0.15) is 0 Å². The summed E-state index contributed by atoms with van der Waals surface area (Å²) in [5.74, 6) is 0. The highest BCUT2D eigenvalue weighted by Crippen LogP contribution is 2.29. The van der Waals surface area contributed by atoms with Gasteiger partial charge >= 0.3 is 0 Å². The second-order valence-electron chi connectivity index (χ2n) is 6.05. The summed E-state index contributed by atoms with van der Waals surface area (Å²) < 4.78 is 6.11. The molecule has 0 aliphatic heterocycles. The Balaban J connectivity index is 2.85. The monoisotopic (exact) mass is 247 g/mol. The lowest BCUT2D eigenvalue weighted by Crippen LogP contribution is -2.27. The number of hydrogen-bond donors (Lipinski definition) is 0. The van der Waals surface area contributed by atoms with Crippen molar-refractivity contribution in [3.63, 3.8) is 0 Å². The van der Waals surface area contributed by atoms with Gasteiger partial charge < -0.3 is 4.43 Å². The van der Waals surface area contributed by atoms with Crippen LogP contribution in [0.4, 0.5) is 0 Å². The third-order valence-corrected chi connectivity index (χ3v) is 4.28. The summed E-state index contributed by atoms with van der Waals surface area (Å²) in [6, 6.07) is 9.84. The van der Waals surface area contributed by atoms with Gasteiger partial charge in [0.15, 0.2) is 9.76 Å². The largest absolute Gasteiger partial charge is 0.415 e. The highest BCUT2D eigenvalue weighted by Gasteiger charge is 2.24. The van der Waals surface area contributed by atoms with E-state index >= 15 is 0 Å². The third kappa shape index (κ3) is 4.33. The predicted octanol–water partition coefficient (Wildman–Crippen LogP) is 3.11. The van der Waals surface area contributed by atoms with E-state index in [1.807, 2.05) is 24.3 Å². The first kappa shape index (κ1) is 13.9. The summed E-state index contributed by atoms with van der Waals surface area (Å²) in [4.78, 5) is 0. The van der Waals surface area contributed by atoms with Gasteiger partial charge in [0.05, 0.1) is 17.2 Å². The molecule has 92 valence electrons. The zero-order valence-corrected chi connectivity index (χ0v) is 12.8. The van der Waals surface area contributed by atoms with E-state index in [1.165, 1.54) is 0 Å². The molecule has 2 nitrogen and oxygen atoms in total. The zero-order chi connectivity index (χ0) is 13.1. The van der Waals surface area contributed by atoms with Crippen molar-refractivity contribution in [2.45, 2.75) is 45.3 Å². The Kier molecular flexibility index (Phi) is 4.13. The van der Waals surface area contributed by atoms with Crippen molar-refractivity contribution in [3.8, 4) is 6.07 Å². The van der Waals surface area contributed by atoms with Crippen LogP contribution in [0, 0.1) is 11.3 Å². The number of benzene rings is 1. The molecular weight excluding hydrogens is 226 g/mol. The molecule has 0 saturated heterocycles. The standard InChI is InChI=1S/C14H21NOSi/c1-13(2,3)17-16-14(4,5)12-8-6-7-11(9-12)10-15/h6-9H,17H2,1-5H3. The van der Waals surface area contributed by atoms with Crippen molar-refractivity contribution < 1.29 is 4.43 Å². The van der Waals surface area contributed by atoms with Crippen LogP contribution in [-0.4, -0.2) is 9.76 Å². The second kappa shape index (κ2) is 5.03. The Morgan fingerprint density at radius 3 is 2.35 bits per heavy atom. The molecular formula is C14H21NOSi. The SMILES string of the molecule is CC(C)(C)[SiH2]OC(C)(C)c1cccc(C#N)c1. The van der Waals surface area contributed by atoms with E-state index in [1.54, 1.807) is 0 Å². The van der Waals surface area contributed by atoms with E-state index in [4.69, 9.17) is 9.69 Å². The molecule has 1 aromatic carbocycles. The van der Waals surface area contributed by atoms with E-state index in [2.05, 4.69) is 40.7 Å². The Labute approximate surface area is 107 Å². The molecule has 0 amide bonds. The van der Waals surface area contributed by atoms with Gasteiger partial charge in [0.25, 0.3) is 0 Å². The molecule has 0 saturated carbocycles. The molecule has 0 aromatic heterocycles. The molecule has 0 fully saturated rings. The third-order valence-electron chi connectivity index (χ3n) is 2.55. The second-order valence-corrected chi connectivity index (χ2v) is 8.75. The van der Waals surface area contributed by atoms with Crippen LogP contribution in [0.1, 0.15) is 45.7 Å². The summed E-state index contributed by atoms with van der Waals surface area (Å²) >= 11 is 0. The Morgan fingerprint density at radius 1 is 1.18 bits per heavy atom. The molecule has 1 rings (SSSR count). The van der Waals surface area contributed by atoms with E-state index in [0.717, 1.165) is 5.56 Å². The van der Waals surface area contributed by atoms with E-state index in [0.29, 0.717) is 5.56 Å². The van der Waals surface area contributed by atoms with Crippen LogP contribution in [0.15, 0.2) is 24.3 Å². The van der Waals surface area contributed by atoms with Crippen LogP contribution >= 0.6 is 0 Å². The lowest BCUT2D eigenvalue weighted by Gasteiger charge is -2.30. The predicted molar refractivity (Wildman–Crippen MR) is 73.5 cm³/mol. The maximum Gasteiger partial charge on any atom is 0.168 e. The molecule has 17 heavy (non-hydrogen) atoms. The lowest BCUT2D eigenvalue weighted by molar-refractivity contribution is 0.109. The molecule has 0 aliphatic rings. The fourth-order valence-electron chi connectivity index (χ4n) is 1.44. The van der Waals surface area contributed by atoms with Gasteiger partial charge in [-0.1, -0.05) is 32.9 Å². The zero-order valence-electron chi connectivity index (χ0n) is 11.4. The van der Waals surface area contributed by atoms with Gasteiger partial charge in [-0.25, -0.2) is 0 Å². The molecule has 0 aliphatic carbocycles. The van der Waals surface area contributed by atoms with Crippen molar-refractivity contribution in [1.29, 1.82) is 5.26 Å². The average molecular weight is 247 g/mol. The highest BCUT2D eigenvalue weighted by atomic mass is 28.2. The number of nitrogens with zero attached hydrogens (tertiary/aromatic N) is 1. The van der Waals surface area contributed by atoms with Gasteiger partial charge in [0, 0.05) is 0 Å². The molecule has 0 spiro atoms. The summed E-state index contributed by atoms with van der Waals surface area (Å²) in [5.41, 5.74) is 1.47. The molecule has 3 heteroatoms. The lowest BCUT2D eigenvalue weighted by atomic mass is 9.97. The molecule has 1 aromatic rings. The van der Waals surface area contributed by atoms with Gasteiger partial charge in [-0.2, -0.15) is 5.26 Å². The Hall–Kier alpha value is -1.11. The van der Waals surface area contributed by atoms with Gasteiger partial charge in [0.2, 0.25) is 0 Å². The first-order valence-electron chi connectivity index (χ1n) is 5.89. The smallest absolute Gasteiger partial charge is 0.168 e. The Bertz CT molecular complexity index is 427. The molecule has 0 atom stereocenters. The first-order valence-corrected chi connectivity index (χ1v) is 7.18. The number of hydrogen-bond acceptors (Lipinski definition) is 2. The van der Waals surface area contributed by atoms with Crippen LogP contribution in [0.5, 0.6) is 0 Å². The minimum absolute atomic E-state index is 0.282.